The second-order valence-corrected chi connectivity index (χ2v) is 8.96. The zero-order chi connectivity index (χ0) is 26.8. The number of hydrogen-bond donors (Lipinski definition) is 1. The quantitative estimate of drug-likeness (QED) is 0.336. The maximum atomic E-state index is 12.5. The van der Waals surface area contributed by atoms with Crippen LogP contribution in [0.1, 0.15) is 50.5 Å². The molecule has 0 aliphatic rings. The van der Waals surface area contributed by atoms with Crippen molar-refractivity contribution in [2.75, 3.05) is 6.61 Å². The van der Waals surface area contributed by atoms with E-state index in [-0.39, 0.29) is 42.9 Å². The van der Waals surface area contributed by atoms with Gasteiger partial charge in [0.2, 0.25) is 0 Å². The number of esters is 4. The third-order valence-electron chi connectivity index (χ3n) is 4.91. The summed E-state index contributed by atoms with van der Waals surface area (Å²) in [7, 11) is 0. The monoisotopic (exact) mass is 535 g/mol. The number of hydrogen-bond acceptors (Lipinski definition) is 9. The Morgan fingerprint density at radius 2 is 1.35 bits per heavy atom. The first-order valence-electron chi connectivity index (χ1n) is 11.7. The molecule has 0 amide bonds. The van der Waals surface area contributed by atoms with Crippen molar-refractivity contribution in [3.63, 3.8) is 0 Å². The van der Waals surface area contributed by atoms with Gasteiger partial charge in [0, 0.05) is 0 Å². The molecule has 0 aromatic heterocycles. The molecule has 2 rings (SSSR count). The van der Waals surface area contributed by atoms with Gasteiger partial charge in [0.25, 0.3) is 0 Å². The van der Waals surface area contributed by atoms with Crippen LogP contribution in [0.5, 0.6) is 11.5 Å². The van der Waals surface area contributed by atoms with E-state index in [1.54, 1.807) is 71.0 Å². The zero-order valence-corrected chi connectivity index (χ0v) is 22.4. The van der Waals surface area contributed by atoms with Crippen LogP contribution < -0.4 is 15.2 Å². The molecule has 0 spiro atoms. The lowest BCUT2D eigenvalue weighted by atomic mass is 10.1. The standard InChI is InChI=1S/C27H33NO8.ClH/c1-16(2)24(29)35-22-12-11-19(14-23(22)36-25(30)17(3)4)13-21(28)27(32)34-18(5)15-33-26(31)20-9-7-6-8-10-20;/h6-12,14,16-18,21H,13,15,28H2,1-5H3;1H/t18-,21+;/m1./s1. The average molecular weight is 536 g/mol. The smallest absolute Gasteiger partial charge is 0.338 e. The van der Waals surface area contributed by atoms with Gasteiger partial charge < -0.3 is 24.7 Å². The minimum absolute atomic E-state index is 0. The van der Waals surface area contributed by atoms with E-state index >= 15 is 0 Å². The number of carbonyl (C=O) groups is 4. The first-order chi connectivity index (χ1) is 17.0. The summed E-state index contributed by atoms with van der Waals surface area (Å²) < 4.78 is 21.2. The van der Waals surface area contributed by atoms with Gasteiger partial charge in [0.05, 0.1) is 17.4 Å². The van der Waals surface area contributed by atoms with Crippen LogP contribution >= 0.6 is 12.4 Å². The van der Waals surface area contributed by atoms with Crippen LogP contribution in [0.3, 0.4) is 0 Å². The summed E-state index contributed by atoms with van der Waals surface area (Å²) in [5, 5.41) is 0. The lowest BCUT2D eigenvalue weighted by Gasteiger charge is -2.18. The van der Waals surface area contributed by atoms with Crippen LogP contribution in [0, 0.1) is 11.8 Å². The predicted molar refractivity (Wildman–Crippen MR) is 139 cm³/mol. The molecule has 0 saturated carbocycles. The van der Waals surface area contributed by atoms with Crippen molar-refractivity contribution in [1.82, 2.24) is 0 Å². The van der Waals surface area contributed by atoms with Crippen LogP contribution in [0.4, 0.5) is 0 Å². The molecule has 2 N–H and O–H groups in total. The summed E-state index contributed by atoms with van der Waals surface area (Å²) in [6.45, 7) is 8.18. The lowest BCUT2D eigenvalue weighted by Crippen LogP contribution is -2.37. The first-order valence-corrected chi connectivity index (χ1v) is 11.7. The van der Waals surface area contributed by atoms with Crippen LogP contribution in [0.25, 0.3) is 0 Å². The maximum absolute atomic E-state index is 12.5. The van der Waals surface area contributed by atoms with E-state index in [9.17, 15) is 19.2 Å². The highest BCUT2D eigenvalue weighted by atomic mass is 35.5. The van der Waals surface area contributed by atoms with Crippen LogP contribution in [0.15, 0.2) is 48.5 Å². The van der Waals surface area contributed by atoms with Gasteiger partial charge in [0.15, 0.2) is 11.5 Å². The molecular formula is C27H34ClNO8. The number of carbonyl (C=O) groups excluding carboxylic acids is 4. The van der Waals surface area contributed by atoms with Crippen molar-refractivity contribution < 1.29 is 38.1 Å². The summed E-state index contributed by atoms with van der Waals surface area (Å²) in [6.07, 6.45) is -0.642. The number of halogens is 1. The fourth-order valence-electron chi connectivity index (χ4n) is 2.80. The highest BCUT2D eigenvalue weighted by Gasteiger charge is 2.22. The third-order valence-corrected chi connectivity index (χ3v) is 4.91. The first kappa shape index (κ1) is 31.6. The highest BCUT2D eigenvalue weighted by molar-refractivity contribution is 5.89. The number of nitrogens with two attached hydrogens (primary N) is 1. The molecular weight excluding hydrogens is 502 g/mol. The van der Waals surface area contributed by atoms with E-state index in [4.69, 9.17) is 24.7 Å². The average Bonchev–Trinajstić information content (AvgIpc) is 2.84. The molecule has 0 unspecified atom stereocenters. The molecule has 2 aromatic rings. The molecule has 9 nitrogen and oxygen atoms in total. The molecule has 0 fully saturated rings. The lowest BCUT2D eigenvalue weighted by molar-refractivity contribution is -0.151. The van der Waals surface area contributed by atoms with Gasteiger partial charge in [-0.05, 0) is 43.2 Å². The molecule has 0 heterocycles. The molecule has 10 heteroatoms. The van der Waals surface area contributed by atoms with Crippen LogP contribution in [-0.4, -0.2) is 42.6 Å². The molecule has 2 aromatic carbocycles. The second kappa shape index (κ2) is 15.0. The molecule has 202 valence electrons. The Morgan fingerprint density at radius 3 is 1.92 bits per heavy atom. The van der Waals surface area contributed by atoms with E-state index in [0.29, 0.717) is 11.1 Å². The Bertz CT molecular complexity index is 1070. The van der Waals surface area contributed by atoms with Crippen molar-refractivity contribution in [3.8, 4) is 11.5 Å². The van der Waals surface area contributed by atoms with Crippen LogP contribution in [0.2, 0.25) is 0 Å². The van der Waals surface area contributed by atoms with Crippen molar-refractivity contribution in [1.29, 1.82) is 0 Å². The summed E-state index contributed by atoms with van der Waals surface area (Å²) >= 11 is 0. The van der Waals surface area contributed by atoms with E-state index < -0.39 is 41.9 Å². The third kappa shape index (κ3) is 10.2. The van der Waals surface area contributed by atoms with E-state index in [2.05, 4.69) is 0 Å². The fraction of sp³-hybridized carbons (Fsp3) is 0.407. The number of ether oxygens (including phenoxy) is 4. The van der Waals surface area contributed by atoms with Crippen molar-refractivity contribution >= 4 is 36.3 Å². The Balaban J connectivity index is 0.00000684. The molecule has 0 radical (unpaired) electrons. The predicted octanol–water partition coefficient (Wildman–Crippen LogP) is 3.89. The summed E-state index contributed by atoms with van der Waals surface area (Å²) in [5.74, 6) is -2.83. The topological polar surface area (TPSA) is 131 Å². The van der Waals surface area contributed by atoms with Gasteiger partial charge in [-0.25, -0.2) is 4.79 Å². The largest absolute Gasteiger partial charge is 0.458 e. The van der Waals surface area contributed by atoms with Gasteiger partial charge in [-0.3, -0.25) is 14.4 Å². The van der Waals surface area contributed by atoms with Crippen molar-refractivity contribution in [2.45, 2.75) is 53.2 Å². The Labute approximate surface area is 223 Å². The van der Waals surface area contributed by atoms with Gasteiger partial charge in [-0.1, -0.05) is 52.0 Å². The molecule has 0 saturated heterocycles. The molecule has 0 aliphatic heterocycles. The SMILES string of the molecule is CC(C)C(=O)Oc1ccc(C[C@H](N)C(=O)O[C@H](C)COC(=O)c2ccccc2)cc1OC(=O)C(C)C.Cl. The fourth-order valence-corrected chi connectivity index (χ4v) is 2.80. The zero-order valence-electron chi connectivity index (χ0n) is 21.6. The van der Waals surface area contributed by atoms with E-state index in [1.807, 2.05) is 0 Å². The molecule has 37 heavy (non-hydrogen) atoms. The van der Waals surface area contributed by atoms with Gasteiger partial charge in [0.1, 0.15) is 18.8 Å². The number of benzene rings is 2. The van der Waals surface area contributed by atoms with Crippen molar-refractivity contribution in [3.05, 3.63) is 59.7 Å². The van der Waals surface area contributed by atoms with E-state index in [1.165, 1.54) is 12.1 Å². The molecule has 0 aliphatic carbocycles. The Hall–Kier alpha value is -3.43. The minimum Gasteiger partial charge on any atom is -0.458 e. The number of rotatable bonds is 11. The molecule has 0 bridgehead atoms. The van der Waals surface area contributed by atoms with Gasteiger partial charge in [-0.2, -0.15) is 0 Å². The van der Waals surface area contributed by atoms with Crippen LogP contribution in [-0.2, 0) is 30.3 Å². The van der Waals surface area contributed by atoms with E-state index in [0.717, 1.165) is 0 Å². The Morgan fingerprint density at radius 1 is 0.784 bits per heavy atom. The Kier molecular flexibility index (Phi) is 12.8. The normalized spacial score (nSPS) is 12.2. The minimum atomic E-state index is -1.03. The molecule has 2 atom stereocenters. The van der Waals surface area contributed by atoms with Gasteiger partial charge in [-0.15, -0.1) is 12.4 Å². The summed E-state index contributed by atoms with van der Waals surface area (Å²) in [6, 6.07) is 12.0. The summed E-state index contributed by atoms with van der Waals surface area (Å²) in [4.78, 5) is 48.7. The maximum Gasteiger partial charge on any atom is 0.338 e. The highest BCUT2D eigenvalue weighted by Crippen LogP contribution is 2.30. The van der Waals surface area contributed by atoms with Gasteiger partial charge >= 0.3 is 23.9 Å². The summed E-state index contributed by atoms with van der Waals surface area (Å²) in [5.41, 5.74) is 6.99. The van der Waals surface area contributed by atoms with Crippen molar-refractivity contribution in [2.24, 2.45) is 17.6 Å². The second-order valence-electron chi connectivity index (χ2n) is 8.96.